The number of halogens is 5. The summed E-state index contributed by atoms with van der Waals surface area (Å²) < 4.78 is 88.0. The number of nitrogens with zero attached hydrogens (tertiary/aromatic N) is 2. The highest BCUT2D eigenvalue weighted by Crippen LogP contribution is 2.33. The van der Waals surface area contributed by atoms with E-state index in [0.717, 1.165) is 22.5 Å². The second-order valence-electron chi connectivity index (χ2n) is 6.89. The van der Waals surface area contributed by atoms with Gasteiger partial charge in [-0.25, -0.2) is 17.2 Å². The maximum Gasteiger partial charge on any atom is 0.416 e. The van der Waals surface area contributed by atoms with Gasteiger partial charge in [0.1, 0.15) is 11.7 Å². The molecule has 1 aliphatic heterocycles. The molecule has 0 aromatic heterocycles. The molecule has 1 heterocycles. The van der Waals surface area contributed by atoms with E-state index in [1.54, 1.807) is 0 Å². The van der Waals surface area contributed by atoms with Gasteiger partial charge in [0.25, 0.3) is 0 Å². The molecular formula is C19H17F5N2O4S2. The van der Waals surface area contributed by atoms with Gasteiger partial charge in [-0.05, 0) is 42.8 Å². The summed E-state index contributed by atoms with van der Waals surface area (Å²) >= 11 is 3.79. The molecule has 2 N–H and O–H groups in total. The van der Waals surface area contributed by atoms with Crippen molar-refractivity contribution in [1.82, 2.24) is 4.31 Å². The van der Waals surface area contributed by atoms with Gasteiger partial charge < -0.3 is 10.2 Å². The molecule has 0 radical (unpaired) electrons. The molecule has 2 aromatic carbocycles. The quantitative estimate of drug-likeness (QED) is 0.448. The molecule has 0 bridgehead atoms. The van der Waals surface area contributed by atoms with Crippen molar-refractivity contribution in [3.63, 3.8) is 0 Å². The molecular weight excluding hydrogens is 479 g/mol. The lowest BCUT2D eigenvalue weighted by atomic mass is 10.1. The van der Waals surface area contributed by atoms with Crippen molar-refractivity contribution in [2.45, 2.75) is 28.0 Å². The van der Waals surface area contributed by atoms with E-state index in [2.05, 4.69) is 12.6 Å². The summed E-state index contributed by atoms with van der Waals surface area (Å²) in [5, 5.41) is 27.9. The van der Waals surface area contributed by atoms with Crippen LogP contribution in [-0.4, -0.2) is 48.2 Å². The second kappa shape index (κ2) is 9.72. The average molecular weight is 496 g/mol. The largest absolute Gasteiger partial charge is 0.416 e. The summed E-state index contributed by atoms with van der Waals surface area (Å²) in [6.07, 6.45) is -4.70. The Hall–Kier alpha value is -2.24. The summed E-state index contributed by atoms with van der Waals surface area (Å²) in [6.45, 7) is -1.14. The van der Waals surface area contributed by atoms with E-state index < -0.39 is 62.6 Å². The van der Waals surface area contributed by atoms with Crippen molar-refractivity contribution < 1.29 is 40.6 Å². The summed E-state index contributed by atoms with van der Waals surface area (Å²) in [5.41, 5.74) is -3.34. The Morgan fingerprint density at radius 2 is 1.81 bits per heavy atom. The smallest absolute Gasteiger partial charge is 0.393 e. The van der Waals surface area contributed by atoms with E-state index in [-0.39, 0.29) is 13.0 Å². The molecule has 0 spiro atoms. The fourth-order valence-electron chi connectivity index (χ4n) is 2.80. The van der Waals surface area contributed by atoms with E-state index in [1.807, 2.05) is 0 Å². The van der Waals surface area contributed by atoms with Gasteiger partial charge in [0, 0.05) is 18.0 Å². The fraction of sp³-hybridized carbons (Fsp3) is 0.316. The number of hydrogen-bond donors (Lipinski definition) is 3. The Morgan fingerprint density at radius 3 is 2.28 bits per heavy atom. The molecule has 1 saturated heterocycles. The molecule has 13 heteroatoms. The monoisotopic (exact) mass is 496 g/mol. The zero-order chi connectivity index (χ0) is 24.3. The van der Waals surface area contributed by atoms with Crippen molar-refractivity contribution in [3.8, 4) is 6.07 Å². The second-order valence-corrected chi connectivity index (χ2v) is 9.31. The van der Waals surface area contributed by atoms with Crippen LogP contribution in [0.15, 0.2) is 46.2 Å². The Balaban J connectivity index is 0.000000336. The number of alkyl halides is 3. The molecule has 1 unspecified atom stereocenters. The number of hydrogen-bond acceptors (Lipinski definition) is 6. The third-order valence-corrected chi connectivity index (χ3v) is 6.72. The average Bonchev–Trinajstić information content (AvgIpc) is 3.14. The van der Waals surface area contributed by atoms with E-state index >= 15 is 0 Å². The third kappa shape index (κ3) is 5.96. The summed E-state index contributed by atoms with van der Waals surface area (Å²) in [7, 11) is -4.25. The molecule has 3 rings (SSSR count). The van der Waals surface area contributed by atoms with Gasteiger partial charge in [-0.2, -0.15) is 22.7 Å². The SMILES string of the molecule is Fc1ccc(S)cc1F.N#Cc1cc(C(F)(F)F)ccc1S(=O)(=O)N1CCC(O)(CO)C1. The van der Waals surface area contributed by atoms with Crippen molar-refractivity contribution in [1.29, 1.82) is 5.26 Å². The predicted molar refractivity (Wildman–Crippen MR) is 105 cm³/mol. The zero-order valence-corrected chi connectivity index (χ0v) is 17.9. The minimum atomic E-state index is -4.70. The number of sulfonamides is 1. The van der Waals surface area contributed by atoms with Crippen molar-refractivity contribution >= 4 is 22.7 Å². The molecule has 32 heavy (non-hydrogen) atoms. The van der Waals surface area contributed by atoms with Gasteiger partial charge >= 0.3 is 6.18 Å². The Labute approximate surface area is 186 Å². The maximum atomic E-state index is 12.7. The van der Waals surface area contributed by atoms with Crippen molar-refractivity contribution in [2.75, 3.05) is 19.7 Å². The number of thiol groups is 1. The van der Waals surface area contributed by atoms with Gasteiger partial charge in [-0.3, -0.25) is 0 Å². The number of aliphatic hydroxyl groups excluding tert-OH is 1. The lowest BCUT2D eigenvalue weighted by Crippen LogP contribution is -2.39. The third-order valence-electron chi connectivity index (χ3n) is 4.54. The van der Waals surface area contributed by atoms with Crippen molar-refractivity contribution in [2.24, 2.45) is 0 Å². The topological polar surface area (TPSA) is 102 Å². The Morgan fingerprint density at radius 1 is 1.16 bits per heavy atom. The molecule has 1 aliphatic rings. The first-order chi connectivity index (χ1) is 14.7. The molecule has 0 saturated carbocycles. The van der Waals surface area contributed by atoms with Gasteiger partial charge in [0.2, 0.25) is 10.0 Å². The molecule has 174 valence electrons. The molecule has 2 aromatic rings. The highest BCUT2D eigenvalue weighted by Gasteiger charge is 2.42. The van der Waals surface area contributed by atoms with Gasteiger partial charge in [0.05, 0.1) is 22.6 Å². The minimum absolute atomic E-state index is 0.00868. The fourth-order valence-corrected chi connectivity index (χ4v) is 4.63. The summed E-state index contributed by atoms with van der Waals surface area (Å²) in [6, 6.07) is 6.70. The molecule has 1 fully saturated rings. The molecule has 0 amide bonds. The van der Waals surface area contributed by atoms with Gasteiger partial charge in [-0.15, -0.1) is 12.6 Å². The lowest BCUT2D eigenvalue weighted by Gasteiger charge is -2.21. The summed E-state index contributed by atoms with van der Waals surface area (Å²) in [5.74, 6) is -1.70. The Kier molecular flexibility index (Phi) is 7.90. The highest BCUT2D eigenvalue weighted by atomic mass is 32.2. The zero-order valence-electron chi connectivity index (χ0n) is 16.1. The van der Waals surface area contributed by atoms with Crippen LogP contribution in [0.4, 0.5) is 22.0 Å². The Bertz CT molecular complexity index is 1140. The van der Waals surface area contributed by atoms with E-state index in [9.17, 15) is 35.5 Å². The number of aliphatic hydroxyl groups is 2. The maximum absolute atomic E-state index is 12.7. The lowest BCUT2D eigenvalue weighted by molar-refractivity contribution is -0.137. The van der Waals surface area contributed by atoms with E-state index in [0.29, 0.717) is 17.0 Å². The van der Waals surface area contributed by atoms with Crippen LogP contribution in [0.5, 0.6) is 0 Å². The number of rotatable bonds is 3. The van der Waals surface area contributed by atoms with E-state index in [1.165, 1.54) is 12.1 Å². The van der Waals surface area contributed by atoms with Crippen LogP contribution in [0, 0.1) is 23.0 Å². The van der Waals surface area contributed by atoms with Crippen LogP contribution in [-0.2, 0) is 16.2 Å². The van der Waals surface area contributed by atoms with Crippen LogP contribution in [0.25, 0.3) is 0 Å². The van der Waals surface area contributed by atoms with Gasteiger partial charge in [0.15, 0.2) is 11.6 Å². The first-order valence-electron chi connectivity index (χ1n) is 8.82. The van der Waals surface area contributed by atoms with Crippen LogP contribution in [0.1, 0.15) is 17.5 Å². The van der Waals surface area contributed by atoms with Crippen LogP contribution in [0.3, 0.4) is 0 Å². The normalized spacial score (nSPS) is 19.2. The summed E-state index contributed by atoms with van der Waals surface area (Å²) in [4.78, 5) is -0.135. The van der Waals surface area contributed by atoms with Crippen LogP contribution < -0.4 is 0 Å². The van der Waals surface area contributed by atoms with Crippen LogP contribution in [0.2, 0.25) is 0 Å². The van der Waals surface area contributed by atoms with E-state index in [4.69, 9.17) is 10.4 Å². The molecule has 1 atom stereocenters. The number of β-amino-alcohol motifs (C(OH)–C–C–N with tert-alkyl or cyclic N) is 1. The van der Waals surface area contributed by atoms with Gasteiger partial charge in [-0.1, -0.05) is 0 Å². The first-order valence-corrected chi connectivity index (χ1v) is 10.7. The first kappa shape index (κ1) is 26.0. The number of benzene rings is 2. The molecule has 6 nitrogen and oxygen atoms in total. The van der Waals surface area contributed by atoms with Crippen molar-refractivity contribution in [3.05, 3.63) is 59.2 Å². The van der Waals surface area contributed by atoms with Crippen LogP contribution >= 0.6 is 12.6 Å². The number of nitriles is 1. The molecule has 0 aliphatic carbocycles. The highest BCUT2D eigenvalue weighted by molar-refractivity contribution is 7.89. The standard InChI is InChI=1S/C13H13F3N2O4S.C6H4F2S/c14-13(15,16)10-1-2-11(9(5-10)6-17)23(21,22)18-4-3-12(20,7-18)8-19;7-5-2-1-4(9)3-6(5)8/h1-2,5,19-20H,3-4,7-8H2;1-3,9H. The predicted octanol–water partition coefficient (Wildman–Crippen LogP) is 2.95. The minimum Gasteiger partial charge on any atom is -0.393 e.